The number of nitrogens with one attached hydrogen (secondary N) is 1. The van der Waals surface area contributed by atoms with Gasteiger partial charge in [-0.3, -0.25) is 9.69 Å². The van der Waals surface area contributed by atoms with Crippen LogP contribution in [0.4, 0.5) is 5.69 Å². The maximum absolute atomic E-state index is 12.7. The maximum atomic E-state index is 12.7. The van der Waals surface area contributed by atoms with Crippen LogP contribution in [-0.4, -0.2) is 54.3 Å². The second kappa shape index (κ2) is 9.11. The van der Waals surface area contributed by atoms with E-state index in [0.717, 1.165) is 19.4 Å². The number of likely N-dealkylation sites (tertiary alicyclic amines) is 1. The van der Waals surface area contributed by atoms with E-state index in [9.17, 15) is 13.2 Å². The lowest BCUT2D eigenvalue weighted by Gasteiger charge is -2.24. The predicted molar refractivity (Wildman–Crippen MR) is 114 cm³/mol. The summed E-state index contributed by atoms with van der Waals surface area (Å²) in [6.45, 7) is 5.59. The van der Waals surface area contributed by atoms with Gasteiger partial charge in [-0.05, 0) is 49.7 Å². The van der Waals surface area contributed by atoms with Crippen molar-refractivity contribution in [2.24, 2.45) is 7.05 Å². The average molecular weight is 419 g/mol. The molecular formula is C21H30N4O3S. The molecule has 0 radical (unpaired) electrons. The summed E-state index contributed by atoms with van der Waals surface area (Å²) in [6.07, 6.45) is 4.11. The van der Waals surface area contributed by atoms with Crippen LogP contribution < -0.4 is 5.32 Å². The van der Waals surface area contributed by atoms with Gasteiger partial charge in [0.2, 0.25) is 15.9 Å². The van der Waals surface area contributed by atoms with Gasteiger partial charge < -0.3 is 9.88 Å². The van der Waals surface area contributed by atoms with E-state index in [1.165, 1.54) is 16.1 Å². The van der Waals surface area contributed by atoms with E-state index < -0.39 is 10.0 Å². The molecule has 7 nitrogen and oxygen atoms in total. The number of benzene rings is 1. The van der Waals surface area contributed by atoms with Crippen LogP contribution in [0.25, 0.3) is 0 Å². The Kier molecular flexibility index (Phi) is 6.77. The minimum Gasteiger partial charge on any atom is -0.353 e. The van der Waals surface area contributed by atoms with Gasteiger partial charge in [0.15, 0.2) is 0 Å². The molecule has 0 saturated carbocycles. The Hall–Kier alpha value is -2.16. The molecule has 1 aromatic carbocycles. The molecule has 29 heavy (non-hydrogen) atoms. The van der Waals surface area contributed by atoms with Crippen molar-refractivity contribution in [3.63, 3.8) is 0 Å². The summed E-state index contributed by atoms with van der Waals surface area (Å²) >= 11 is 0. The van der Waals surface area contributed by atoms with Gasteiger partial charge >= 0.3 is 0 Å². The molecule has 2 heterocycles. The molecular weight excluding hydrogens is 388 g/mol. The maximum Gasteiger partial charge on any atom is 0.243 e. The van der Waals surface area contributed by atoms with E-state index in [0.29, 0.717) is 18.8 Å². The monoisotopic (exact) mass is 418 g/mol. The zero-order valence-electron chi connectivity index (χ0n) is 17.3. The van der Waals surface area contributed by atoms with Crippen molar-refractivity contribution in [1.29, 1.82) is 0 Å². The number of anilines is 1. The van der Waals surface area contributed by atoms with Crippen LogP contribution in [-0.2, 0) is 21.9 Å². The van der Waals surface area contributed by atoms with Gasteiger partial charge in [0.1, 0.15) is 0 Å². The predicted octanol–water partition coefficient (Wildman–Crippen LogP) is 2.83. The Balaban J connectivity index is 1.69. The fourth-order valence-electron chi connectivity index (χ4n) is 4.00. The SMILES string of the molecule is CCN(CC)S(=O)(=O)c1cccc(NC(=O)CN2CCC[C@H]2c2cccn2C)c1. The largest absolute Gasteiger partial charge is 0.353 e. The number of amides is 1. The Morgan fingerprint density at radius 3 is 2.62 bits per heavy atom. The lowest BCUT2D eigenvalue weighted by Crippen LogP contribution is -2.33. The molecule has 0 aliphatic carbocycles. The molecule has 0 spiro atoms. The quantitative estimate of drug-likeness (QED) is 0.715. The number of hydrogen-bond donors (Lipinski definition) is 1. The van der Waals surface area contributed by atoms with Crippen molar-refractivity contribution in [3.8, 4) is 0 Å². The van der Waals surface area contributed by atoms with E-state index in [-0.39, 0.29) is 23.4 Å². The standard InChI is InChI=1S/C21H30N4O3S/c1-4-25(5-2)29(27,28)18-10-6-9-17(15-18)22-21(26)16-24-14-8-12-20(24)19-11-7-13-23(19)3/h6-7,9-11,13,15,20H,4-5,8,12,14,16H2,1-3H3,(H,22,26)/t20-/m0/s1. The first-order chi connectivity index (χ1) is 13.9. The molecule has 1 aromatic heterocycles. The van der Waals surface area contributed by atoms with E-state index in [1.54, 1.807) is 18.2 Å². The molecule has 1 aliphatic heterocycles. The Morgan fingerprint density at radius 1 is 1.21 bits per heavy atom. The van der Waals surface area contributed by atoms with Crippen LogP contribution in [0.3, 0.4) is 0 Å². The highest BCUT2D eigenvalue weighted by Gasteiger charge is 2.29. The van der Waals surface area contributed by atoms with Crippen LogP contribution in [0.15, 0.2) is 47.5 Å². The van der Waals surface area contributed by atoms with E-state index >= 15 is 0 Å². The number of aromatic nitrogens is 1. The van der Waals surface area contributed by atoms with Gasteiger partial charge in [0, 0.05) is 37.7 Å². The lowest BCUT2D eigenvalue weighted by atomic mass is 10.1. The highest BCUT2D eigenvalue weighted by atomic mass is 32.2. The van der Waals surface area contributed by atoms with Gasteiger partial charge in [-0.2, -0.15) is 4.31 Å². The summed E-state index contributed by atoms with van der Waals surface area (Å²) < 4.78 is 28.9. The molecule has 158 valence electrons. The average Bonchev–Trinajstić information content (AvgIpc) is 3.31. The fourth-order valence-corrected chi connectivity index (χ4v) is 5.51. The zero-order chi connectivity index (χ0) is 21.0. The normalized spacial score (nSPS) is 17.7. The first kappa shape index (κ1) is 21.5. The second-order valence-corrected chi connectivity index (χ2v) is 9.28. The van der Waals surface area contributed by atoms with Gasteiger partial charge in [0.25, 0.3) is 0 Å². The molecule has 1 atom stereocenters. The third kappa shape index (κ3) is 4.71. The van der Waals surface area contributed by atoms with Crippen molar-refractivity contribution in [2.45, 2.75) is 37.6 Å². The summed E-state index contributed by atoms with van der Waals surface area (Å²) in [7, 11) is -1.53. The highest BCUT2D eigenvalue weighted by Crippen LogP contribution is 2.31. The van der Waals surface area contributed by atoms with Crippen molar-refractivity contribution in [2.75, 3.05) is 31.5 Å². The van der Waals surface area contributed by atoms with Crippen molar-refractivity contribution < 1.29 is 13.2 Å². The zero-order valence-corrected chi connectivity index (χ0v) is 18.2. The molecule has 1 N–H and O–H groups in total. The minimum atomic E-state index is -3.56. The van der Waals surface area contributed by atoms with Crippen LogP contribution >= 0.6 is 0 Å². The van der Waals surface area contributed by atoms with Crippen molar-refractivity contribution >= 4 is 21.6 Å². The van der Waals surface area contributed by atoms with E-state index in [1.807, 2.05) is 33.2 Å². The van der Waals surface area contributed by atoms with Crippen LogP contribution in [0.2, 0.25) is 0 Å². The summed E-state index contributed by atoms with van der Waals surface area (Å²) in [5.41, 5.74) is 1.71. The minimum absolute atomic E-state index is 0.136. The summed E-state index contributed by atoms with van der Waals surface area (Å²) in [4.78, 5) is 15.0. The molecule has 8 heteroatoms. The molecule has 1 fully saturated rings. The van der Waals surface area contributed by atoms with Crippen LogP contribution in [0.1, 0.15) is 38.4 Å². The van der Waals surface area contributed by atoms with Crippen LogP contribution in [0, 0.1) is 0 Å². The molecule has 2 aromatic rings. The lowest BCUT2D eigenvalue weighted by molar-refractivity contribution is -0.117. The van der Waals surface area contributed by atoms with E-state index in [4.69, 9.17) is 0 Å². The van der Waals surface area contributed by atoms with Gasteiger partial charge in [-0.1, -0.05) is 19.9 Å². The number of carbonyl (C=O) groups excluding carboxylic acids is 1. The number of aryl methyl sites for hydroxylation is 1. The fraction of sp³-hybridized carbons (Fsp3) is 0.476. The number of nitrogens with zero attached hydrogens (tertiary/aromatic N) is 3. The number of carbonyl (C=O) groups is 1. The summed E-state index contributed by atoms with van der Waals surface area (Å²) in [5.74, 6) is -0.136. The van der Waals surface area contributed by atoms with Gasteiger partial charge in [-0.25, -0.2) is 8.42 Å². The Bertz CT molecular complexity index is 950. The third-order valence-electron chi connectivity index (χ3n) is 5.50. The summed E-state index contributed by atoms with van der Waals surface area (Å²) in [5, 5.41) is 2.87. The van der Waals surface area contributed by atoms with Crippen molar-refractivity contribution in [3.05, 3.63) is 48.3 Å². The first-order valence-corrected chi connectivity index (χ1v) is 11.6. The Labute approximate surface area is 173 Å². The molecule has 0 unspecified atom stereocenters. The highest BCUT2D eigenvalue weighted by molar-refractivity contribution is 7.89. The molecule has 1 amide bonds. The Morgan fingerprint density at radius 2 is 1.97 bits per heavy atom. The number of hydrogen-bond acceptors (Lipinski definition) is 4. The van der Waals surface area contributed by atoms with Crippen LogP contribution in [0.5, 0.6) is 0 Å². The second-order valence-electron chi connectivity index (χ2n) is 7.34. The summed E-state index contributed by atoms with van der Waals surface area (Å²) in [6, 6.07) is 10.8. The number of rotatable bonds is 8. The third-order valence-corrected chi connectivity index (χ3v) is 7.54. The number of sulfonamides is 1. The topological polar surface area (TPSA) is 74.7 Å². The van der Waals surface area contributed by atoms with E-state index in [2.05, 4.69) is 20.9 Å². The molecule has 0 bridgehead atoms. The molecule has 3 rings (SSSR count). The first-order valence-electron chi connectivity index (χ1n) is 10.1. The van der Waals surface area contributed by atoms with Gasteiger partial charge in [0.05, 0.1) is 17.5 Å². The van der Waals surface area contributed by atoms with Crippen molar-refractivity contribution in [1.82, 2.24) is 13.8 Å². The molecule has 1 saturated heterocycles. The molecule has 1 aliphatic rings. The smallest absolute Gasteiger partial charge is 0.243 e. The van der Waals surface area contributed by atoms with Gasteiger partial charge in [-0.15, -0.1) is 0 Å².